The smallest absolute Gasteiger partial charge is 0.267 e. The van der Waals surface area contributed by atoms with Crippen LogP contribution in [0.2, 0.25) is 0 Å². The van der Waals surface area contributed by atoms with E-state index in [9.17, 15) is 13.2 Å². The maximum atomic E-state index is 13.2. The molecule has 0 spiro atoms. The van der Waals surface area contributed by atoms with E-state index >= 15 is 0 Å². The summed E-state index contributed by atoms with van der Waals surface area (Å²) in [6, 6.07) is 6.56. The van der Waals surface area contributed by atoms with Crippen molar-refractivity contribution in [3.63, 3.8) is 0 Å². The zero-order chi connectivity index (χ0) is 23.1. The molecule has 1 N–H and O–H groups in total. The summed E-state index contributed by atoms with van der Waals surface area (Å²) in [5.74, 6) is 1.11. The van der Waals surface area contributed by atoms with Gasteiger partial charge in [-0.2, -0.15) is 0 Å². The van der Waals surface area contributed by atoms with Gasteiger partial charge in [-0.3, -0.25) is 4.79 Å². The fourth-order valence-corrected chi connectivity index (χ4v) is 5.36. The van der Waals surface area contributed by atoms with Crippen molar-refractivity contribution in [2.24, 2.45) is 5.92 Å². The summed E-state index contributed by atoms with van der Waals surface area (Å²) in [7, 11) is -2.34. The van der Waals surface area contributed by atoms with E-state index in [4.69, 9.17) is 9.72 Å². The number of hydrogen-bond acceptors (Lipinski definition) is 5. The average molecular weight is 459 g/mol. The van der Waals surface area contributed by atoms with E-state index in [1.165, 1.54) is 25.5 Å². The van der Waals surface area contributed by atoms with Gasteiger partial charge in [-0.25, -0.2) is 17.4 Å². The standard InChI is InChI=1S/C23H30N4O4S/c1-23(2,3)22-25-19-13-18(32(29,30)26-10-7-17(15-26)21(28)24-4)5-6-20(19)27(22)14-16-8-11-31-12-9-16/h5-7,10,13,15-16H,8-9,11-12,14H2,1-4H3,(H,24,28). The number of imidazole rings is 1. The van der Waals surface area contributed by atoms with Crippen LogP contribution in [-0.2, 0) is 26.7 Å². The topological polar surface area (TPSA) is 95.2 Å². The Morgan fingerprint density at radius 2 is 1.94 bits per heavy atom. The van der Waals surface area contributed by atoms with Crippen LogP contribution in [-0.4, -0.2) is 48.1 Å². The van der Waals surface area contributed by atoms with Gasteiger partial charge < -0.3 is 14.6 Å². The second-order valence-electron chi connectivity index (χ2n) is 9.32. The molecule has 4 rings (SSSR count). The lowest BCUT2D eigenvalue weighted by Gasteiger charge is -2.26. The molecular weight excluding hydrogens is 428 g/mol. The molecular formula is C23H30N4O4S. The molecule has 1 aliphatic heterocycles. The van der Waals surface area contributed by atoms with Gasteiger partial charge in [-0.1, -0.05) is 20.8 Å². The molecule has 0 saturated carbocycles. The number of nitrogens with zero attached hydrogens (tertiary/aromatic N) is 3. The van der Waals surface area contributed by atoms with Gasteiger partial charge in [0.1, 0.15) is 5.82 Å². The molecule has 1 saturated heterocycles. The van der Waals surface area contributed by atoms with Crippen LogP contribution in [0.15, 0.2) is 41.6 Å². The van der Waals surface area contributed by atoms with Gasteiger partial charge in [-0.15, -0.1) is 0 Å². The minimum absolute atomic E-state index is 0.139. The number of aromatic nitrogens is 3. The van der Waals surface area contributed by atoms with Crippen molar-refractivity contribution in [1.82, 2.24) is 18.8 Å². The van der Waals surface area contributed by atoms with Crippen molar-refractivity contribution in [2.75, 3.05) is 20.3 Å². The molecule has 3 aromatic rings. The molecule has 0 aliphatic carbocycles. The van der Waals surface area contributed by atoms with E-state index in [1.54, 1.807) is 12.1 Å². The van der Waals surface area contributed by atoms with E-state index in [-0.39, 0.29) is 21.8 Å². The molecule has 0 radical (unpaired) electrons. The number of nitrogens with one attached hydrogen (secondary N) is 1. The van der Waals surface area contributed by atoms with E-state index in [2.05, 4.69) is 30.7 Å². The first kappa shape index (κ1) is 22.5. The van der Waals surface area contributed by atoms with Crippen LogP contribution in [0.1, 0.15) is 49.8 Å². The van der Waals surface area contributed by atoms with Crippen molar-refractivity contribution in [1.29, 1.82) is 0 Å². The Morgan fingerprint density at radius 1 is 1.22 bits per heavy atom. The van der Waals surface area contributed by atoms with Gasteiger partial charge in [0.25, 0.3) is 15.9 Å². The zero-order valence-electron chi connectivity index (χ0n) is 19.0. The molecule has 172 valence electrons. The Morgan fingerprint density at radius 3 is 2.59 bits per heavy atom. The second-order valence-corrected chi connectivity index (χ2v) is 11.2. The maximum Gasteiger partial charge on any atom is 0.267 e. The highest BCUT2D eigenvalue weighted by Gasteiger charge is 2.27. The number of carbonyl (C=O) groups excluding carboxylic acids is 1. The fourth-order valence-electron chi connectivity index (χ4n) is 4.14. The van der Waals surface area contributed by atoms with Crippen LogP contribution in [0.3, 0.4) is 0 Å². The Hall–Kier alpha value is -2.65. The average Bonchev–Trinajstić information content (AvgIpc) is 3.39. The second kappa shape index (κ2) is 8.37. The molecule has 2 aromatic heterocycles. The third-order valence-electron chi connectivity index (χ3n) is 5.90. The first-order valence-corrected chi connectivity index (χ1v) is 12.3. The zero-order valence-corrected chi connectivity index (χ0v) is 19.8. The molecule has 1 amide bonds. The predicted molar refractivity (Wildman–Crippen MR) is 122 cm³/mol. The lowest BCUT2D eigenvalue weighted by molar-refractivity contribution is 0.0611. The van der Waals surface area contributed by atoms with E-state index in [0.717, 1.165) is 47.9 Å². The third kappa shape index (κ3) is 4.19. The number of fused-ring (bicyclic) bond motifs is 1. The van der Waals surface area contributed by atoms with Gasteiger partial charge in [0.15, 0.2) is 0 Å². The van der Waals surface area contributed by atoms with Crippen LogP contribution in [0.4, 0.5) is 0 Å². The Labute approximate surface area is 188 Å². The number of amides is 1. The number of rotatable bonds is 5. The lowest BCUT2D eigenvalue weighted by atomic mass is 9.94. The minimum Gasteiger partial charge on any atom is -0.381 e. The Kier molecular flexibility index (Phi) is 5.89. The van der Waals surface area contributed by atoms with Gasteiger partial charge in [0.05, 0.1) is 21.5 Å². The van der Waals surface area contributed by atoms with E-state index in [0.29, 0.717) is 11.4 Å². The largest absolute Gasteiger partial charge is 0.381 e. The fraction of sp³-hybridized carbons (Fsp3) is 0.478. The molecule has 0 atom stereocenters. The molecule has 3 heterocycles. The highest BCUT2D eigenvalue weighted by Crippen LogP contribution is 2.30. The lowest BCUT2D eigenvalue weighted by Crippen LogP contribution is -2.25. The summed E-state index contributed by atoms with van der Waals surface area (Å²) >= 11 is 0. The Balaban J connectivity index is 1.75. The SMILES string of the molecule is CNC(=O)c1ccn(S(=O)(=O)c2ccc3c(c2)nc(C(C)(C)C)n3CC2CCOCC2)c1. The van der Waals surface area contributed by atoms with Gasteiger partial charge in [0.2, 0.25) is 0 Å². The first-order chi connectivity index (χ1) is 15.1. The summed E-state index contributed by atoms with van der Waals surface area (Å²) in [4.78, 5) is 16.8. The van der Waals surface area contributed by atoms with Gasteiger partial charge >= 0.3 is 0 Å². The normalized spacial score (nSPS) is 15.9. The quantitative estimate of drug-likeness (QED) is 0.634. The minimum atomic E-state index is -3.85. The van der Waals surface area contributed by atoms with Crippen molar-refractivity contribution in [2.45, 2.75) is 50.5 Å². The molecule has 0 bridgehead atoms. The molecule has 32 heavy (non-hydrogen) atoms. The summed E-state index contributed by atoms with van der Waals surface area (Å²) in [6.45, 7) is 8.75. The summed E-state index contributed by atoms with van der Waals surface area (Å²) in [5, 5.41) is 2.50. The van der Waals surface area contributed by atoms with E-state index < -0.39 is 10.0 Å². The first-order valence-electron chi connectivity index (χ1n) is 10.9. The molecule has 0 unspecified atom stereocenters. The van der Waals surface area contributed by atoms with Crippen LogP contribution in [0.25, 0.3) is 11.0 Å². The monoisotopic (exact) mass is 458 g/mol. The van der Waals surface area contributed by atoms with Crippen LogP contribution in [0, 0.1) is 5.92 Å². The molecule has 1 aliphatic rings. The van der Waals surface area contributed by atoms with Crippen molar-refractivity contribution in [3.05, 3.63) is 48.0 Å². The third-order valence-corrected chi connectivity index (χ3v) is 7.54. The van der Waals surface area contributed by atoms with Crippen molar-refractivity contribution in [3.8, 4) is 0 Å². The van der Waals surface area contributed by atoms with Gasteiger partial charge in [0, 0.05) is 44.6 Å². The van der Waals surface area contributed by atoms with Crippen LogP contribution in [0.5, 0.6) is 0 Å². The van der Waals surface area contributed by atoms with Crippen molar-refractivity contribution < 1.29 is 17.9 Å². The number of ether oxygens (including phenoxy) is 1. The number of benzene rings is 1. The summed E-state index contributed by atoms with van der Waals surface area (Å²) < 4.78 is 35.2. The number of hydrogen-bond donors (Lipinski definition) is 1. The molecule has 8 nitrogen and oxygen atoms in total. The highest BCUT2D eigenvalue weighted by atomic mass is 32.2. The van der Waals surface area contributed by atoms with Crippen LogP contribution >= 0.6 is 0 Å². The van der Waals surface area contributed by atoms with Crippen LogP contribution < -0.4 is 5.32 Å². The molecule has 1 fully saturated rings. The molecule has 9 heteroatoms. The molecule has 1 aromatic carbocycles. The Bertz CT molecular complexity index is 1240. The maximum absolute atomic E-state index is 13.2. The van der Waals surface area contributed by atoms with E-state index in [1.807, 2.05) is 6.07 Å². The van der Waals surface area contributed by atoms with Crippen molar-refractivity contribution >= 4 is 27.0 Å². The predicted octanol–water partition coefficient (Wildman–Crippen LogP) is 3.16. The number of carbonyl (C=O) groups is 1. The van der Waals surface area contributed by atoms with Gasteiger partial charge in [-0.05, 0) is 43.0 Å². The summed E-state index contributed by atoms with van der Waals surface area (Å²) in [6.07, 6.45) is 4.73. The highest BCUT2D eigenvalue weighted by molar-refractivity contribution is 7.90. The summed E-state index contributed by atoms with van der Waals surface area (Å²) in [5.41, 5.74) is 1.68.